The van der Waals surface area contributed by atoms with Gasteiger partial charge in [0.15, 0.2) is 23.3 Å². The molecule has 1 atom stereocenters. The minimum absolute atomic E-state index is 0.0380. The molecule has 2 heterocycles. The third kappa shape index (κ3) is 1.94. The van der Waals surface area contributed by atoms with Gasteiger partial charge in [0.2, 0.25) is 17.6 Å². The average molecular weight is 342 g/mol. The Morgan fingerprint density at radius 3 is 2.12 bits per heavy atom. The number of aryl methyl sites for hydroxylation is 1. The van der Waals surface area contributed by atoms with Crippen LogP contribution in [0.3, 0.4) is 0 Å². The van der Waals surface area contributed by atoms with Crippen LogP contribution in [0.5, 0.6) is 5.88 Å². The van der Waals surface area contributed by atoms with Gasteiger partial charge >= 0.3 is 0 Å². The number of aromatic amines is 1. The Hall–Kier alpha value is -3.09. The molecule has 0 saturated heterocycles. The largest absolute Gasteiger partial charge is 0.420 e. The molecule has 1 aromatic heterocycles. The van der Waals surface area contributed by atoms with Crippen LogP contribution in [-0.4, -0.2) is 10.2 Å². The van der Waals surface area contributed by atoms with Crippen molar-refractivity contribution in [2.24, 2.45) is 5.73 Å². The maximum absolute atomic E-state index is 14.2. The van der Waals surface area contributed by atoms with Gasteiger partial charge in [0.05, 0.1) is 5.92 Å². The fourth-order valence-electron chi connectivity index (χ4n) is 2.56. The van der Waals surface area contributed by atoms with Crippen molar-refractivity contribution in [2.75, 3.05) is 0 Å². The molecule has 3 N–H and O–H groups in total. The zero-order valence-electron chi connectivity index (χ0n) is 11.8. The number of H-pyrrole nitrogens is 1. The van der Waals surface area contributed by atoms with Crippen molar-refractivity contribution in [3.8, 4) is 11.9 Å². The van der Waals surface area contributed by atoms with E-state index >= 15 is 0 Å². The molecule has 1 aromatic carbocycles. The summed E-state index contributed by atoms with van der Waals surface area (Å²) in [7, 11) is 0. The molecule has 124 valence electrons. The SMILES string of the molecule is Cc1[nH]nc2c1[C@H](c1c(F)c(F)c(F)c(F)c1F)C(C#N)=C(N)O2. The van der Waals surface area contributed by atoms with E-state index in [2.05, 4.69) is 10.2 Å². The van der Waals surface area contributed by atoms with Gasteiger partial charge in [-0.05, 0) is 6.92 Å². The summed E-state index contributed by atoms with van der Waals surface area (Å²) >= 11 is 0. The first-order valence-corrected chi connectivity index (χ1v) is 6.43. The second-order valence-corrected chi connectivity index (χ2v) is 4.98. The molecule has 0 saturated carbocycles. The van der Waals surface area contributed by atoms with Crippen LogP contribution >= 0.6 is 0 Å². The Morgan fingerprint density at radius 2 is 1.58 bits per heavy atom. The number of nitrogens with two attached hydrogens (primary N) is 1. The number of benzene rings is 1. The lowest BCUT2D eigenvalue weighted by Gasteiger charge is -2.24. The number of nitriles is 1. The van der Waals surface area contributed by atoms with Gasteiger partial charge < -0.3 is 10.5 Å². The number of fused-ring (bicyclic) bond motifs is 1. The van der Waals surface area contributed by atoms with Crippen LogP contribution < -0.4 is 10.5 Å². The summed E-state index contributed by atoms with van der Waals surface area (Å²) in [5.41, 5.74) is 4.02. The summed E-state index contributed by atoms with van der Waals surface area (Å²) in [4.78, 5) is 0. The molecule has 5 nitrogen and oxygen atoms in total. The number of nitrogens with zero attached hydrogens (tertiary/aromatic N) is 2. The molecule has 2 aromatic rings. The predicted molar refractivity (Wildman–Crippen MR) is 68.9 cm³/mol. The maximum atomic E-state index is 14.2. The van der Waals surface area contributed by atoms with E-state index in [1.165, 1.54) is 6.92 Å². The number of hydrogen-bond acceptors (Lipinski definition) is 4. The van der Waals surface area contributed by atoms with Gasteiger partial charge in [-0.3, -0.25) is 5.10 Å². The first kappa shape index (κ1) is 15.8. The van der Waals surface area contributed by atoms with E-state index in [-0.39, 0.29) is 17.1 Å². The normalized spacial score (nSPS) is 16.6. The smallest absolute Gasteiger partial charge is 0.244 e. The summed E-state index contributed by atoms with van der Waals surface area (Å²) in [6.07, 6.45) is 0. The van der Waals surface area contributed by atoms with Gasteiger partial charge in [-0.2, -0.15) is 5.26 Å². The molecule has 3 rings (SSSR count). The number of halogens is 5. The molecule has 0 aliphatic carbocycles. The number of ether oxygens (including phenoxy) is 1. The quantitative estimate of drug-likeness (QED) is 0.474. The number of nitrogens with one attached hydrogen (secondary N) is 1. The van der Waals surface area contributed by atoms with E-state index in [9.17, 15) is 27.2 Å². The predicted octanol–water partition coefficient (Wildman–Crippen LogP) is 2.63. The number of hydrogen-bond donors (Lipinski definition) is 2. The maximum Gasteiger partial charge on any atom is 0.244 e. The highest BCUT2D eigenvalue weighted by molar-refractivity contribution is 5.55. The molecule has 0 radical (unpaired) electrons. The highest BCUT2D eigenvalue weighted by Gasteiger charge is 2.40. The highest BCUT2D eigenvalue weighted by atomic mass is 19.2. The monoisotopic (exact) mass is 342 g/mol. The zero-order chi connectivity index (χ0) is 17.8. The third-order valence-corrected chi connectivity index (χ3v) is 3.66. The Morgan fingerprint density at radius 1 is 1.04 bits per heavy atom. The standard InChI is InChI=1S/C14H7F5N4O/c1-3-5-6(4(2-20)13(21)24-14(5)23-22-3)7-8(15)10(17)12(19)11(18)9(7)16/h6H,21H2,1H3,(H,22,23)/t6-/m1/s1. The van der Waals surface area contributed by atoms with Crippen LogP contribution in [0, 0.1) is 47.3 Å². The Bertz CT molecular complexity index is 915. The average Bonchev–Trinajstić information content (AvgIpc) is 2.91. The fraction of sp³-hybridized carbons (Fsp3) is 0.143. The lowest BCUT2D eigenvalue weighted by atomic mass is 9.83. The first-order chi connectivity index (χ1) is 11.3. The second kappa shape index (κ2) is 5.23. The van der Waals surface area contributed by atoms with Crippen molar-refractivity contribution < 1.29 is 26.7 Å². The molecule has 1 aliphatic rings. The van der Waals surface area contributed by atoms with E-state index in [0.717, 1.165) is 0 Å². The molecule has 0 amide bonds. The number of rotatable bonds is 1. The van der Waals surface area contributed by atoms with Crippen molar-refractivity contribution in [1.29, 1.82) is 5.26 Å². The van der Waals surface area contributed by atoms with Crippen molar-refractivity contribution in [1.82, 2.24) is 10.2 Å². The fourth-order valence-corrected chi connectivity index (χ4v) is 2.56. The molecular formula is C14H7F5N4O. The van der Waals surface area contributed by atoms with E-state index in [0.29, 0.717) is 0 Å². The van der Waals surface area contributed by atoms with Gasteiger partial charge in [-0.25, -0.2) is 22.0 Å². The van der Waals surface area contributed by atoms with Gasteiger partial charge in [0.25, 0.3) is 0 Å². The summed E-state index contributed by atoms with van der Waals surface area (Å²) in [6.45, 7) is 1.44. The van der Waals surface area contributed by atoms with Crippen LogP contribution in [0.15, 0.2) is 11.5 Å². The van der Waals surface area contributed by atoms with E-state index in [1.54, 1.807) is 6.07 Å². The zero-order valence-corrected chi connectivity index (χ0v) is 11.8. The van der Waals surface area contributed by atoms with Gasteiger partial charge in [-0.15, -0.1) is 5.10 Å². The van der Waals surface area contributed by atoms with Gasteiger partial charge in [0, 0.05) is 16.8 Å². The van der Waals surface area contributed by atoms with E-state index in [4.69, 9.17) is 10.5 Å². The molecule has 0 fully saturated rings. The lowest BCUT2D eigenvalue weighted by molar-refractivity contribution is 0.357. The van der Waals surface area contributed by atoms with E-state index < -0.39 is 52.0 Å². The van der Waals surface area contributed by atoms with Crippen molar-refractivity contribution in [2.45, 2.75) is 12.8 Å². The second-order valence-electron chi connectivity index (χ2n) is 4.98. The van der Waals surface area contributed by atoms with Crippen molar-refractivity contribution >= 4 is 0 Å². The van der Waals surface area contributed by atoms with Crippen LogP contribution in [0.25, 0.3) is 0 Å². The lowest BCUT2D eigenvalue weighted by Crippen LogP contribution is -2.23. The van der Waals surface area contributed by atoms with E-state index in [1.807, 2.05) is 0 Å². The van der Waals surface area contributed by atoms with Crippen molar-refractivity contribution in [3.63, 3.8) is 0 Å². The van der Waals surface area contributed by atoms with Crippen molar-refractivity contribution in [3.05, 3.63) is 57.4 Å². The van der Waals surface area contributed by atoms with Crippen LogP contribution in [-0.2, 0) is 0 Å². The minimum Gasteiger partial charge on any atom is -0.420 e. The Balaban J connectivity index is 2.41. The topological polar surface area (TPSA) is 87.7 Å². The summed E-state index contributed by atoms with van der Waals surface area (Å²) < 4.78 is 73.8. The molecule has 10 heteroatoms. The molecule has 0 unspecified atom stereocenters. The molecule has 0 bridgehead atoms. The Kier molecular flexibility index (Phi) is 3.44. The third-order valence-electron chi connectivity index (χ3n) is 3.66. The first-order valence-electron chi connectivity index (χ1n) is 6.43. The molecule has 0 spiro atoms. The van der Waals surface area contributed by atoms with Crippen LogP contribution in [0.4, 0.5) is 22.0 Å². The summed E-state index contributed by atoms with van der Waals surface area (Å²) in [6, 6.07) is 1.58. The Labute approximate surface area is 131 Å². The molecule has 1 aliphatic heterocycles. The summed E-state index contributed by atoms with van der Waals surface area (Å²) in [5.74, 6) is -13.0. The number of allylic oxidation sites excluding steroid dienone is 1. The molecule has 24 heavy (non-hydrogen) atoms. The highest BCUT2D eigenvalue weighted by Crippen LogP contribution is 2.45. The van der Waals surface area contributed by atoms with Gasteiger partial charge in [-0.1, -0.05) is 0 Å². The number of aromatic nitrogens is 2. The van der Waals surface area contributed by atoms with Crippen LogP contribution in [0.1, 0.15) is 22.7 Å². The van der Waals surface area contributed by atoms with Gasteiger partial charge in [0.1, 0.15) is 11.6 Å². The minimum atomic E-state index is -2.29. The van der Waals surface area contributed by atoms with Crippen LogP contribution in [0.2, 0.25) is 0 Å². The summed E-state index contributed by atoms with van der Waals surface area (Å²) in [5, 5.41) is 15.4. The molecular weight excluding hydrogens is 335 g/mol.